The van der Waals surface area contributed by atoms with Crippen molar-refractivity contribution in [2.24, 2.45) is 0 Å². The summed E-state index contributed by atoms with van der Waals surface area (Å²) in [6, 6.07) is 6.97. The number of rotatable bonds is 5. The molecular formula is C13H13F2NOS. The fourth-order valence-corrected chi connectivity index (χ4v) is 2.30. The second kappa shape index (κ2) is 6.04. The second-order valence-corrected chi connectivity index (χ2v) is 4.92. The Balaban J connectivity index is 1.91. The van der Waals surface area contributed by atoms with Crippen LogP contribution in [0.15, 0.2) is 35.7 Å². The van der Waals surface area contributed by atoms with Crippen LogP contribution in [-0.4, -0.2) is 11.7 Å². The van der Waals surface area contributed by atoms with E-state index in [2.05, 4.69) is 5.32 Å². The van der Waals surface area contributed by atoms with Crippen LogP contribution in [0.3, 0.4) is 0 Å². The van der Waals surface area contributed by atoms with Crippen LogP contribution in [0, 0.1) is 11.6 Å². The molecule has 1 heterocycles. The van der Waals surface area contributed by atoms with E-state index in [1.807, 2.05) is 17.5 Å². The lowest BCUT2D eigenvalue weighted by Crippen LogP contribution is -2.21. The zero-order valence-electron chi connectivity index (χ0n) is 9.57. The molecule has 1 aromatic carbocycles. The van der Waals surface area contributed by atoms with Gasteiger partial charge in [-0.05, 0) is 29.6 Å². The molecule has 0 amide bonds. The standard InChI is InChI=1S/C13H13F2NOS/c14-9-3-4-12(15)11(6-9)13(17)8-16-7-10-2-1-5-18-10/h1-6,13,16-17H,7-8H2. The van der Waals surface area contributed by atoms with Crippen molar-refractivity contribution in [3.63, 3.8) is 0 Å². The summed E-state index contributed by atoms with van der Waals surface area (Å²) in [5, 5.41) is 14.8. The molecule has 96 valence electrons. The molecule has 0 aliphatic rings. The summed E-state index contributed by atoms with van der Waals surface area (Å²) < 4.78 is 26.3. The number of hydrogen-bond acceptors (Lipinski definition) is 3. The largest absolute Gasteiger partial charge is 0.387 e. The molecule has 18 heavy (non-hydrogen) atoms. The van der Waals surface area contributed by atoms with Gasteiger partial charge in [-0.3, -0.25) is 0 Å². The lowest BCUT2D eigenvalue weighted by Gasteiger charge is -2.12. The highest BCUT2D eigenvalue weighted by molar-refractivity contribution is 7.09. The molecule has 0 fully saturated rings. The summed E-state index contributed by atoms with van der Waals surface area (Å²) in [6.45, 7) is 0.782. The predicted molar refractivity (Wildman–Crippen MR) is 67.3 cm³/mol. The normalized spacial score (nSPS) is 12.6. The van der Waals surface area contributed by atoms with E-state index in [1.54, 1.807) is 11.3 Å². The van der Waals surface area contributed by atoms with Crippen LogP contribution < -0.4 is 5.32 Å². The number of thiophene rings is 1. The Bertz CT molecular complexity index is 502. The molecule has 0 spiro atoms. The summed E-state index contributed by atoms with van der Waals surface area (Å²) in [5.74, 6) is -1.15. The molecule has 2 rings (SSSR count). The van der Waals surface area contributed by atoms with E-state index in [9.17, 15) is 13.9 Å². The quantitative estimate of drug-likeness (QED) is 0.875. The van der Waals surface area contributed by atoms with Gasteiger partial charge in [0.2, 0.25) is 0 Å². The van der Waals surface area contributed by atoms with E-state index >= 15 is 0 Å². The average molecular weight is 269 g/mol. The first-order valence-corrected chi connectivity index (χ1v) is 6.41. The SMILES string of the molecule is OC(CNCc1cccs1)c1cc(F)ccc1F. The zero-order valence-corrected chi connectivity index (χ0v) is 10.4. The Morgan fingerprint density at radius 2 is 2.11 bits per heavy atom. The van der Waals surface area contributed by atoms with Gasteiger partial charge in [0.1, 0.15) is 11.6 Å². The van der Waals surface area contributed by atoms with Crippen molar-refractivity contribution in [1.29, 1.82) is 0 Å². The van der Waals surface area contributed by atoms with Crippen LogP contribution in [0.2, 0.25) is 0 Å². The Labute approximate surface area is 108 Å². The Kier molecular flexibility index (Phi) is 4.41. The lowest BCUT2D eigenvalue weighted by molar-refractivity contribution is 0.169. The van der Waals surface area contributed by atoms with Crippen LogP contribution in [-0.2, 0) is 6.54 Å². The first-order chi connectivity index (χ1) is 8.66. The predicted octanol–water partition coefficient (Wildman–Crippen LogP) is 2.85. The van der Waals surface area contributed by atoms with Crippen molar-refractivity contribution in [1.82, 2.24) is 5.32 Å². The van der Waals surface area contributed by atoms with Gasteiger partial charge in [0.15, 0.2) is 0 Å². The number of benzene rings is 1. The van der Waals surface area contributed by atoms with Crippen molar-refractivity contribution in [3.05, 3.63) is 57.8 Å². The van der Waals surface area contributed by atoms with Gasteiger partial charge in [-0.25, -0.2) is 8.78 Å². The Morgan fingerprint density at radius 1 is 1.28 bits per heavy atom. The van der Waals surface area contributed by atoms with Gasteiger partial charge < -0.3 is 10.4 Å². The van der Waals surface area contributed by atoms with E-state index in [-0.39, 0.29) is 12.1 Å². The Hall–Kier alpha value is -1.30. The first kappa shape index (κ1) is 13.1. The molecule has 2 nitrogen and oxygen atoms in total. The van der Waals surface area contributed by atoms with Crippen LogP contribution in [0.25, 0.3) is 0 Å². The summed E-state index contributed by atoms with van der Waals surface area (Å²) in [7, 11) is 0. The Morgan fingerprint density at radius 3 is 2.83 bits per heavy atom. The lowest BCUT2D eigenvalue weighted by atomic mass is 10.1. The minimum absolute atomic E-state index is 0.0197. The highest BCUT2D eigenvalue weighted by Crippen LogP contribution is 2.18. The molecule has 2 N–H and O–H groups in total. The third-order valence-electron chi connectivity index (χ3n) is 2.53. The fraction of sp³-hybridized carbons (Fsp3) is 0.231. The molecule has 0 bridgehead atoms. The van der Waals surface area contributed by atoms with Crippen LogP contribution in [0.1, 0.15) is 16.5 Å². The minimum atomic E-state index is -1.05. The second-order valence-electron chi connectivity index (χ2n) is 3.89. The molecular weight excluding hydrogens is 256 g/mol. The average Bonchev–Trinajstić information content (AvgIpc) is 2.85. The molecule has 2 aromatic rings. The van der Waals surface area contributed by atoms with Crippen LogP contribution >= 0.6 is 11.3 Å². The summed E-state index contributed by atoms with van der Waals surface area (Å²) in [4.78, 5) is 1.13. The minimum Gasteiger partial charge on any atom is -0.387 e. The van der Waals surface area contributed by atoms with E-state index in [0.717, 1.165) is 23.1 Å². The molecule has 0 aliphatic heterocycles. The zero-order chi connectivity index (χ0) is 13.0. The number of hydrogen-bond donors (Lipinski definition) is 2. The van der Waals surface area contributed by atoms with Gasteiger partial charge in [0.25, 0.3) is 0 Å². The van der Waals surface area contributed by atoms with Crippen molar-refractivity contribution < 1.29 is 13.9 Å². The van der Waals surface area contributed by atoms with Gasteiger partial charge >= 0.3 is 0 Å². The highest BCUT2D eigenvalue weighted by Gasteiger charge is 2.13. The molecule has 1 aromatic heterocycles. The van der Waals surface area contributed by atoms with E-state index in [0.29, 0.717) is 6.54 Å². The molecule has 0 saturated carbocycles. The van der Waals surface area contributed by atoms with Crippen LogP contribution in [0.5, 0.6) is 0 Å². The van der Waals surface area contributed by atoms with Gasteiger partial charge in [-0.2, -0.15) is 0 Å². The van der Waals surface area contributed by atoms with Gasteiger partial charge in [0, 0.05) is 23.5 Å². The number of aliphatic hydroxyl groups excluding tert-OH is 1. The van der Waals surface area contributed by atoms with Gasteiger partial charge in [-0.1, -0.05) is 6.07 Å². The van der Waals surface area contributed by atoms with Crippen LogP contribution in [0.4, 0.5) is 8.78 Å². The van der Waals surface area contributed by atoms with Crippen molar-refractivity contribution in [3.8, 4) is 0 Å². The maximum Gasteiger partial charge on any atom is 0.129 e. The first-order valence-electron chi connectivity index (χ1n) is 5.53. The summed E-state index contributed by atoms with van der Waals surface area (Å²) in [6.07, 6.45) is -1.05. The van der Waals surface area contributed by atoms with Gasteiger partial charge in [0.05, 0.1) is 6.10 Å². The molecule has 1 unspecified atom stereocenters. The van der Waals surface area contributed by atoms with Gasteiger partial charge in [-0.15, -0.1) is 11.3 Å². The van der Waals surface area contributed by atoms with Crippen molar-refractivity contribution in [2.75, 3.05) is 6.54 Å². The fourth-order valence-electron chi connectivity index (χ4n) is 1.63. The number of nitrogens with one attached hydrogen (secondary N) is 1. The van der Waals surface area contributed by atoms with E-state index < -0.39 is 17.7 Å². The molecule has 1 atom stereocenters. The highest BCUT2D eigenvalue weighted by atomic mass is 32.1. The summed E-state index contributed by atoms with van der Waals surface area (Å²) in [5.41, 5.74) is -0.0197. The molecule has 0 radical (unpaired) electrons. The topological polar surface area (TPSA) is 32.3 Å². The maximum absolute atomic E-state index is 13.4. The van der Waals surface area contributed by atoms with E-state index in [4.69, 9.17) is 0 Å². The number of aliphatic hydroxyl groups is 1. The third-order valence-corrected chi connectivity index (χ3v) is 3.41. The molecule has 5 heteroatoms. The monoisotopic (exact) mass is 269 g/mol. The molecule has 0 saturated heterocycles. The van der Waals surface area contributed by atoms with Crippen molar-refractivity contribution >= 4 is 11.3 Å². The van der Waals surface area contributed by atoms with Crippen molar-refractivity contribution in [2.45, 2.75) is 12.6 Å². The summed E-state index contributed by atoms with van der Waals surface area (Å²) >= 11 is 1.60. The van der Waals surface area contributed by atoms with E-state index in [1.165, 1.54) is 0 Å². The molecule has 0 aliphatic carbocycles. The number of halogens is 2. The smallest absolute Gasteiger partial charge is 0.129 e. The maximum atomic E-state index is 13.4. The third kappa shape index (κ3) is 3.35.